The van der Waals surface area contributed by atoms with Gasteiger partial charge < -0.3 is 51.3 Å². The van der Waals surface area contributed by atoms with Gasteiger partial charge in [0, 0.05) is 43.9 Å². The van der Waals surface area contributed by atoms with E-state index < -0.39 is 35.4 Å². The number of urea groups is 1. The molecule has 19 nitrogen and oxygen atoms in total. The number of benzene rings is 1. The van der Waals surface area contributed by atoms with Crippen LogP contribution in [0.4, 0.5) is 15.3 Å². The van der Waals surface area contributed by atoms with E-state index in [0.717, 1.165) is 4.90 Å². The molecular weight excluding hydrogens is 734 g/mol. The van der Waals surface area contributed by atoms with Gasteiger partial charge in [-0.2, -0.15) is 0 Å². The van der Waals surface area contributed by atoms with Gasteiger partial charge in [0.2, 0.25) is 17.7 Å². The number of unbranched alkanes of at least 4 members (excludes halogenated alkanes) is 2. The lowest BCUT2D eigenvalue weighted by Gasteiger charge is -2.19. The van der Waals surface area contributed by atoms with Gasteiger partial charge in [0.25, 0.3) is 11.8 Å². The van der Waals surface area contributed by atoms with Crippen LogP contribution >= 0.6 is 0 Å². The molecule has 0 radical (unpaired) electrons. The molecule has 0 fully saturated rings. The Morgan fingerprint density at radius 3 is 2.07 bits per heavy atom. The average molecular weight is 790 g/mol. The summed E-state index contributed by atoms with van der Waals surface area (Å²) < 4.78 is 21.0. The van der Waals surface area contributed by atoms with E-state index in [2.05, 4.69) is 26.6 Å². The van der Waals surface area contributed by atoms with Crippen LogP contribution in [0.25, 0.3) is 0 Å². The molecule has 0 saturated heterocycles. The summed E-state index contributed by atoms with van der Waals surface area (Å²) in [7, 11) is 0. The lowest BCUT2D eigenvalue weighted by molar-refractivity contribution is -0.154. The Morgan fingerprint density at radius 1 is 0.750 bits per heavy atom. The first-order valence-corrected chi connectivity index (χ1v) is 18.4. The van der Waals surface area contributed by atoms with Crippen LogP contribution in [0.3, 0.4) is 0 Å². The number of esters is 1. The largest absolute Gasteiger partial charge is 0.463 e. The summed E-state index contributed by atoms with van der Waals surface area (Å²) >= 11 is 0. The summed E-state index contributed by atoms with van der Waals surface area (Å²) in [4.78, 5) is 97.2. The fourth-order valence-electron chi connectivity index (χ4n) is 4.75. The fraction of sp³-hybridized carbons (Fsp3) is 0.568. The number of hydrogen-bond donors (Lipinski definition) is 6. The van der Waals surface area contributed by atoms with Gasteiger partial charge in [0.05, 0.1) is 38.4 Å². The summed E-state index contributed by atoms with van der Waals surface area (Å²) in [6.07, 6.45) is 4.01. The van der Waals surface area contributed by atoms with Gasteiger partial charge in [-0.1, -0.05) is 18.6 Å². The molecule has 1 atom stereocenters. The van der Waals surface area contributed by atoms with Gasteiger partial charge >= 0.3 is 18.1 Å². The second-order valence-corrected chi connectivity index (χ2v) is 13.6. The number of nitrogens with two attached hydrogens (primary N) is 1. The highest BCUT2D eigenvalue weighted by Gasteiger charge is 2.24. The van der Waals surface area contributed by atoms with Crippen LogP contribution in [0.15, 0.2) is 36.4 Å². The van der Waals surface area contributed by atoms with E-state index in [1.54, 1.807) is 45.0 Å². The molecular formula is C37H55N7O12. The second kappa shape index (κ2) is 25.5. The van der Waals surface area contributed by atoms with Crippen molar-refractivity contribution in [1.82, 2.24) is 26.2 Å². The van der Waals surface area contributed by atoms with Gasteiger partial charge in [-0.3, -0.25) is 33.7 Å². The standard InChI is InChI=1S/C37H55N7O12/c1-37(2,3)34(50)55-23-22-54-21-20-53-19-17-40-36(52)56-25-26-10-12-27(13-11-26)42-33(49)28(8-7-16-39-35(38)51)43-30(46)24-41-29(45)9-5-4-6-18-44-31(47)14-15-32(44)48/h10-15,28H,4-9,16-25H2,1-3H3,(H,40,52)(H,41,45)(H,42,49)(H,43,46)(H3,38,39,51)/t28-/m1/s1. The zero-order chi connectivity index (χ0) is 41.3. The number of carbonyl (C=O) groups is 8. The number of rotatable bonds is 26. The Balaban J connectivity index is 1.67. The predicted molar refractivity (Wildman–Crippen MR) is 201 cm³/mol. The minimum atomic E-state index is -1.01. The normalized spacial score (nSPS) is 12.8. The lowest BCUT2D eigenvalue weighted by Crippen LogP contribution is -2.47. The lowest BCUT2D eigenvalue weighted by atomic mass is 9.97. The van der Waals surface area contributed by atoms with Gasteiger partial charge in [0.1, 0.15) is 19.3 Å². The van der Waals surface area contributed by atoms with Gasteiger partial charge in [0.15, 0.2) is 0 Å². The van der Waals surface area contributed by atoms with Crippen molar-refractivity contribution >= 4 is 53.3 Å². The minimum Gasteiger partial charge on any atom is -0.463 e. The van der Waals surface area contributed by atoms with Crippen LogP contribution in [0.2, 0.25) is 0 Å². The van der Waals surface area contributed by atoms with Crippen molar-refractivity contribution in [3.05, 3.63) is 42.0 Å². The number of anilines is 1. The van der Waals surface area contributed by atoms with Gasteiger partial charge in [-0.15, -0.1) is 0 Å². The monoisotopic (exact) mass is 789 g/mol. The van der Waals surface area contributed by atoms with Crippen LogP contribution in [0, 0.1) is 5.41 Å². The first-order chi connectivity index (χ1) is 26.6. The number of alkyl carbamates (subject to hydrolysis) is 1. The van der Waals surface area contributed by atoms with E-state index in [1.807, 2.05) is 0 Å². The Labute approximate surface area is 326 Å². The number of nitrogens with zero attached hydrogens (tertiary/aromatic N) is 1. The summed E-state index contributed by atoms with van der Waals surface area (Å²) in [6.45, 7) is 6.79. The summed E-state index contributed by atoms with van der Waals surface area (Å²) in [5.74, 6) is -2.51. The number of amides is 8. The smallest absolute Gasteiger partial charge is 0.407 e. The van der Waals surface area contributed by atoms with E-state index in [1.165, 1.54) is 12.2 Å². The highest BCUT2D eigenvalue weighted by atomic mass is 16.6. The van der Waals surface area contributed by atoms with Gasteiger partial charge in [-0.05, 0) is 64.2 Å². The second-order valence-electron chi connectivity index (χ2n) is 13.6. The van der Waals surface area contributed by atoms with E-state index in [9.17, 15) is 38.4 Å². The van der Waals surface area contributed by atoms with Crippen LogP contribution in [0.5, 0.6) is 0 Å². The molecule has 0 aromatic heterocycles. The summed E-state index contributed by atoms with van der Waals surface area (Å²) in [5.41, 5.74) is 5.60. The van der Waals surface area contributed by atoms with Gasteiger partial charge in [-0.25, -0.2) is 9.59 Å². The Hall–Kier alpha value is -5.56. The van der Waals surface area contributed by atoms with Crippen LogP contribution in [-0.4, -0.2) is 118 Å². The van der Waals surface area contributed by atoms with Crippen LogP contribution in [-0.2, 0) is 54.3 Å². The van der Waals surface area contributed by atoms with Crippen molar-refractivity contribution < 1.29 is 57.3 Å². The maximum atomic E-state index is 13.1. The summed E-state index contributed by atoms with van der Waals surface area (Å²) in [6, 6.07) is 4.77. The Morgan fingerprint density at radius 2 is 1.41 bits per heavy atom. The van der Waals surface area contributed by atoms with Crippen molar-refractivity contribution in [2.24, 2.45) is 11.1 Å². The van der Waals surface area contributed by atoms with Crippen LogP contribution < -0.4 is 32.3 Å². The molecule has 8 amide bonds. The van der Waals surface area contributed by atoms with Crippen molar-refractivity contribution in [3.63, 3.8) is 0 Å². The van der Waals surface area contributed by atoms with Crippen LogP contribution in [0.1, 0.15) is 64.9 Å². The van der Waals surface area contributed by atoms with Crippen molar-refractivity contribution in [2.45, 2.75) is 71.9 Å². The molecule has 2 rings (SSSR count). The number of imide groups is 1. The van der Waals surface area contributed by atoms with E-state index in [-0.39, 0.29) is 89.1 Å². The molecule has 1 aromatic carbocycles. The zero-order valence-corrected chi connectivity index (χ0v) is 32.3. The van der Waals surface area contributed by atoms with E-state index in [4.69, 9.17) is 24.7 Å². The number of primary amides is 1. The molecule has 1 aromatic rings. The predicted octanol–water partition coefficient (Wildman–Crippen LogP) is 1.01. The summed E-state index contributed by atoms with van der Waals surface area (Å²) in [5, 5.41) is 12.8. The molecule has 1 aliphatic rings. The molecule has 1 heterocycles. The first kappa shape index (κ1) is 46.6. The molecule has 1 aliphatic heterocycles. The fourth-order valence-corrected chi connectivity index (χ4v) is 4.75. The maximum Gasteiger partial charge on any atom is 0.407 e. The molecule has 310 valence electrons. The molecule has 0 unspecified atom stereocenters. The molecule has 0 saturated carbocycles. The average Bonchev–Trinajstić information content (AvgIpc) is 3.47. The highest BCUT2D eigenvalue weighted by Crippen LogP contribution is 2.15. The van der Waals surface area contributed by atoms with E-state index >= 15 is 0 Å². The van der Waals surface area contributed by atoms with E-state index in [0.29, 0.717) is 50.1 Å². The number of hydrogen-bond acceptors (Lipinski definition) is 12. The minimum absolute atomic E-state index is 0.0376. The third-order valence-electron chi connectivity index (χ3n) is 7.81. The molecule has 19 heteroatoms. The Kier molecular flexibility index (Phi) is 21.2. The molecule has 56 heavy (non-hydrogen) atoms. The topological polar surface area (TPSA) is 263 Å². The Bertz CT molecular complexity index is 1490. The maximum absolute atomic E-state index is 13.1. The third kappa shape index (κ3) is 20.2. The number of ether oxygens (including phenoxy) is 4. The van der Waals surface area contributed by atoms with Crippen molar-refractivity contribution in [2.75, 3.05) is 64.5 Å². The number of nitrogens with one attached hydrogen (secondary N) is 5. The van der Waals surface area contributed by atoms with Crippen molar-refractivity contribution in [1.29, 1.82) is 0 Å². The number of carbonyl (C=O) groups excluding carboxylic acids is 8. The third-order valence-corrected chi connectivity index (χ3v) is 7.81. The van der Waals surface area contributed by atoms with Crippen molar-refractivity contribution in [3.8, 4) is 0 Å². The first-order valence-electron chi connectivity index (χ1n) is 18.4. The molecule has 0 aliphatic carbocycles. The quantitative estimate of drug-likeness (QED) is 0.0437. The molecule has 0 spiro atoms. The highest BCUT2D eigenvalue weighted by molar-refractivity contribution is 6.12. The molecule has 0 bridgehead atoms. The zero-order valence-electron chi connectivity index (χ0n) is 32.3. The SMILES string of the molecule is CC(C)(C)C(=O)OCCOCCOCCNC(=O)OCc1ccc(NC(=O)[C@@H](CCCNC(N)=O)NC(=O)CNC(=O)CCCCCN2C(=O)C=CC2=O)cc1. The molecule has 7 N–H and O–H groups in total.